The second kappa shape index (κ2) is 17.9. The summed E-state index contributed by atoms with van der Waals surface area (Å²) in [5, 5.41) is 11.1. The molecule has 0 aromatic heterocycles. The van der Waals surface area contributed by atoms with E-state index in [1.54, 1.807) is 0 Å². The van der Waals surface area contributed by atoms with Gasteiger partial charge in [0, 0.05) is 34.9 Å². The molecule has 0 aliphatic carbocycles. The van der Waals surface area contributed by atoms with Gasteiger partial charge in [0.25, 0.3) is 5.91 Å². The van der Waals surface area contributed by atoms with E-state index in [2.05, 4.69) is 26.0 Å². The van der Waals surface area contributed by atoms with Crippen molar-refractivity contribution in [3.05, 3.63) is 34.2 Å². The largest absolute Gasteiger partial charge is 0.379 e. The summed E-state index contributed by atoms with van der Waals surface area (Å²) in [5.74, 6) is -1.86. The third-order valence-corrected chi connectivity index (χ3v) is 4.17. The maximum Gasteiger partial charge on any atom is 0.251 e. The Morgan fingerprint density at radius 2 is 1.36 bits per heavy atom. The van der Waals surface area contributed by atoms with Gasteiger partial charge in [0.1, 0.15) is 11.8 Å². The summed E-state index contributed by atoms with van der Waals surface area (Å²) in [7, 11) is 0. The molecule has 33 heavy (non-hydrogen) atoms. The van der Waals surface area contributed by atoms with Crippen molar-refractivity contribution in [1.29, 1.82) is 0 Å². The molecule has 182 valence electrons. The number of rotatable bonds is 17. The highest BCUT2D eigenvalue weighted by molar-refractivity contribution is 6.29. The average molecular weight is 505 g/mol. The Morgan fingerprint density at radius 3 is 1.88 bits per heavy atom. The Bertz CT molecular complexity index is 786. The van der Waals surface area contributed by atoms with Crippen LogP contribution in [0.5, 0.6) is 0 Å². The molecular weight excluding hydrogens is 479 g/mol. The summed E-state index contributed by atoms with van der Waals surface area (Å²) in [6.45, 7) is 2.58. The highest BCUT2D eigenvalue weighted by Gasteiger charge is 2.11. The molecule has 1 rings (SSSR count). The van der Waals surface area contributed by atoms with Gasteiger partial charge in [-0.05, 0) is 23.7 Å². The number of anilines is 2. The quantitative estimate of drug-likeness (QED) is 0.0965. The number of halogens is 2. The predicted octanol–water partition coefficient (Wildman–Crippen LogP) is 2.13. The molecule has 0 bridgehead atoms. The van der Waals surface area contributed by atoms with Crippen LogP contribution in [-0.2, 0) is 23.8 Å². The summed E-state index contributed by atoms with van der Waals surface area (Å²) in [4.78, 5) is 38.2. The maximum absolute atomic E-state index is 12.5. The topological polar surface area (TPSA) is 164 Å². The lowest BCUT2D eigenvalue weighted by atomic mass is 10.1. The van der Waals surface area contributed by atoms with Crippen LogP contribution < -0.4 is 16.0 Å². The van der Waals surface area contributed by atoms with E-state index in [1.807, 2.05) is 0 Å². The minimum Gasteiger partial charge on any atom is -0.379 e. The Hall–Kier alpha value is -2.60. The van der Waals surface area contributed by atoms with Crippen LogP contribution in [0.1, 0.15) is 10.4 Å². The SMILES string of the molecule is [N-]=[N+]=NCCOCCOCCOCCNC(=O)c1cc(NC(=O)CCl)cc(NC(=O)CCl)c1. The van der Waals surface area contributed by atoms with Crippen LogP contribution in [0.4, 0.5) is 11.4 Å². The van der Waals surface area contributed by atoms with Gasteiger partial charge >= 0.3 is 0 Å². The lowest BCUT2D eigenvalue weighted by molar-refractivity contribution is -0.114. The van der Waals surface area contributed by atoms with Gasteiger partial charge in [0.15, 0.2) is 0 Å². The third-order valence-electron chi connectivity index (χ3n) is 3.68. The van der Waals surface area contributed by atoms with Gasteiger partial charge in [0.2, 0.25) is 11.8 Å². The lowest BCUT2D eigenvalue weighted by Crippen LogP contribution is -2.28. The fourth-order valence-corrected chi connectivity index (χ4v) is 2.46. The number of hydrogen-bond donors (Lipinski definition) is 3. The van der Waals surface area contributed by atoms with Crippen LogP contribution in [0, 0.1) is 0 Å². The number of amides is 3. The highest BCUT2D eigenvalue weighted by atomic mass is 35.5. The molecular formula is C19H26Cl2N6O6. The molecule has 0 saturated heterocycles. The predicted molar refractivity (Wildman–Crippen MR) is 124 cm³/mol. The van der Waals surface area contributed by atoms with E-state index in [-0.39, 0.29) is 37.0 Å². The Balaban J connectivity index is 2.36. The lowest BCUT2D eigenvalue weighted by Gasteiger charge is -2.12. The summed E-state index contributed by atoms with van der Waals surface area (Å²) < 4.78 is 15.9. The van der Waals surface area contributed by atoms with Crippen LogP contribution in [0.3, 0.4) is 0 Å². The van der Waals surface area contributed by atoms with Gasteiger partial charge in [-0.2, -0.15) is 0 Å². The first-order chi connectivity index (χ1) is 16.0. The van der Waals surface area contributed by atoms with Crippen molar-refractivity contribution in [2.75, 3.05) is 75.1 Å². The second-order valence-electron chi connectivity index (χ2n) is 6.21. The molecule has 0 atom stereocenters. The number of benzene rings is 1. The summed E-state index contributed by atoms with van der Waals surface area (Å²) in [6.07, 6.45) is 0. The second-order valence-corrected chi connectivity index (χ2v) is 6.74. The van der Waals surface area contributed by atoms with E-state index in [9.17, 15) is 14.4 Å². The van der Waals surface area contributed by atoms with E-state index in [0.29, 0.717) is 44.4 Å². The molecule has 0 spiro atoms. The molecule has 0 heterocycles. The van der Waals surface area contributed by atoms with Gasteiger partial charge in [0.05, 0.1) is 39.6 Å². The Labute approximate surface area is 200 Å². The Morgan fingerprint density at radius 1 is 0.848 bits per heavy atom. The fraction of sp³-hybridized carbons (Fsp3) is 0.526. The third kappa shape index (κ3) is 13.5. The van der Waals surface area contributed by atoms with Crippen LogP contribution in [-0.4, -0.2) is 82.2 Å². The molecule has 0 unspecified atom stereocenters. The van der Waals surface area contributed by atoms with Crippen molar-refractivity contribution in [2.45, 2.75) is 0 Å². The van der Waals surface area contributed by atoms with Crippen LogP contribution in [0.25, 0.3) is 10.4 Å². The molecule has 0 fully saturated rings. The minimum absolute atomic E-state index is 0.219. The number of carbonyl (C=O) groups is 3. The van der Waals surface area contributed by atoms with E-state index in [4.69, 9.17) is 42.9 Å². The summed E-state index contributed by atoms with van der Waals surface area (Å²) in [5.41, 5.74) is 8.93. The summed E-state index contributed by atoms with van der Waals surface area (Å²) in [6, 6.07) is 4.40. The van der Waals surface area contributed by atoms with Gasteiger partial charge in [-0.15, -0.1) is 23.2 Å². The first-order valence-corrected chi connectivity index (χ1v) is 11.0. The molecule has 12 nitrogen and oxygen atoms in total. The molecule has 3 N–H and O–H groups in total. The number of ether oxygens (including phenoxy) is 3. The number of azide groups is 1. The van der Waals surface area contributed by atoms with Gasteiger partial charge in [-0.25, -0.2) is 0 Å². The van der Waals surface area contributed by atoms with Gasteiger partial charge in [-0.3, -0.25) is 14.4 Å². The molecule has 0 saturated carbocycles. The normalized spacial score (nSPS) is 10.2. The molecule has 0 aliphatic heterocycles. The first-order valence-electron chi connectivity index (χ1n) is 9.89. The molecule has 1 aromatic carbocycles. The van der Waals surface area contributed by atoms with E-state index >= 15 is 0 Å². The van der Waals surface area contributed by atoms with Crippen molar-refractivity contribution in [1.82, 2.24) is 5.32 Å². The molecule has 3 amide bonds. The number of hydrogen-bond acceptors (Lipinski definition) is 7. The number of alkyl halides is 2. The van der Waals surface area contributed by atoms with Crippen LogP contribution >= 0.6 is 23.2 Å². The number of carbonyl (C=O) groups excluding carboxylic acids is 3. The van der Waals surface area contributed by atoms with Crippen molar-refractivity contribution >= 4 is 52.3 Å². The number of nitrogens with one attached hydrogen (secondary N) is 3. The van der Waals surface area contributed by atoms with E-state index in [1.165, 1.54) is 18.2 Å². The standard InChI is InChI=1S/C19H26Cl2N6O6/c20-12-17(28)25-15-9-14(10-16(11-15)26-18(29)13-21)19(30)23-1-3-31-5-7-33-8-6-32-4-2-24-27-22/h9-11H,1-8,12-13H2,(H,23,30)(H,25,28)(H,26,29). The molecule has 0 aliphatic rings. The van der Waals surface area contributed by atoms with Crippen molar-refractivity contribution in [3.63, 3.8) is 0 Å². The highest BCUT2D eigenvalue weighted by Crippen LogP contribution is 2.19. The fourth-order valence-electron chi connectivity index (χ4n) is 2.32. The van der Waals surface area contributed by atoms with Crippen molar-refractivity contribution in [2.24, 2.45) is 5.11 Å². The monoisotopic (exact) mass is 504 g/mol. The van der Waals surface area contributed by atoms with Crippen LogP contribution in [0.15, 0.2) is 23.3 Å². The zero-order chi connectivity index (χ0) is 24.3. The Kier molecular flexibility index (Phi) is 15.4. The first kappa shape index (κ1) is 28.4. The minimum atomic E-state index is -0.459. The van der Waals surface area contributed by atoms with E-state index in [0.717, 1.165) is 0 Å². The molecule has 0 radical (unpaired) electrons. The molecule has 14 heteroatoms. The van der Waals surface area contributed by atoms with Crippen molar-refractivity contribution in [3.8, 4) is 0 Å². The van der Waals surface area contributed by atoms with Crippen LogP contribution in [0.2, 0.25) is 0 Å². The average Bonchev–Trinajstić information content (AvgIpc) is 2.81. The zero-order valence-corrected chi connectivity index (χ0v) is 19.4. The summed E-state index contributed by atoms with van der Waals surface area (Å²) >= 11 is 11.0. The number of nitrogens with zero attached hydrogens (tertiary/aromatic N) is 3. The zero-order valence-electron chi connectivity index (χ0n) is 17.9. The van der Waals surface area contributed by atoms with Crippen molar-refractivity contribution < 1.29 is 28.6 Å². The van der Waals surface area contributed by atoms with Gasteiger partial charge in [-0.1, -0.05) is 5.11 Å². The smallest absolute Gasteiger partial charge is 0.251 e. The van der Waals surface area contributed by atoms with E-state index < -0.39 is 17.7 Å². The maximum atomic E-state index is 12.5. The van der Waals surface area contributed by atoms with Gasteiger partial charge < -0.3 is 30.2 Å². The molecule has 1 aromatic rings.